The van der Waals surface area contributed by atoms with Gasteiger partial charge in [-0.2, -0.15) is 0 Å². The maximum atomic E-state index is 12.5. The number of amides is 1. The lowest BCUT2D eigenvalue weighted by atomic mass is 10.0. The first-order valence-corrected chi connectivity index (χ1v) is 31.1. The summed E-state index contributed by atoms with van der Waals surface area (Å²) in [5.41, 5.74) is 0. The van der Waals surface area contributed by atoms with Gasteiger partial charge in [-0.05, 0) is 83.5 Å². The molecule has 0 bridgehead atoms. The molecular weight excluding hydrogens is 879 g/mol. The average Bonchev–Trinajstić information content (AvgIpc) is 3.39. The first-order valence-electron chi connectivity index (χ1n) is 31.1. The van der Waals surface area contributed by atoms with E-state index < -0.39 is 12.1 Å². The van der Waals surface area contributed by atoms with Crippen molar-refractivity contribution in [2.75, 3.05) is 6.61 Å². The highest BCUT2D eigenvalue weighted by atomic mass is 16.3. The molecule has 0 radical (unpaired) electrons. The molecule has 0 aromatic heterocycles. The molecule has 72 heavy (non-hydrogen) atoms. The summed E-state index contributed by atoms with van der Waals surface area (Å²) in [6.07, 6.45) is 93.7. The fourth-order valence-electron chi connectivity index (χ4n) is 9.12. The molecule has 0 aliphatic carbocycles. The number of rotatable bonds is 56. The van der Waals surface area contributed by atoms with Gasteiger partial charge in [0.25, 0.3) is 0 Å². The van der Waals surface area contributed by atoms with Crippen LogP contribution in [0.5, 0.6) is 0 Å². The molecule has 1 amide bonds. The summed E-state index contributed by atoms with van der Waals surface area (Å²) < 4.78 is 0. The van der Waals surface area contributed by atoms with Gasteiger partial charge in [0.2, 0.25) is 5.91 Å². The quantitative estimate of drug-likeness (QED) is 0.0420. The molecule has 4 nitrogen and oxygen atoms in total. The zero-order valence-electron chi connectivity index (χ0n) is 47.7. The van der Waals surface area contributed by atoms with E-state index in [1.807, 2.05) is 0 Å². The molecule has 0 aliphatic rings. The van der Waals surface area contributed by atoms with Crippen LogP contribution < -0.4 is 5.32 Å². The summed E-state index contributed by atoms with van der Waals surface area (Å²) in [4.78, 5) is 12.5. The Bertz CT molecular complexity index is 1360. The lowest BCUT2D eigenvalue weighted by molar-refractivity contribution is -0.123. The van der Waals surface area contributed by atoms with Crippen molar-refractivity contribution >= 4 is 5.91 Å². The Morgan fingerprint density at radius 3 is 0.917 bits per heavy atom. The number of allylic oxidation sites excluding steroid dienone is 18. The minimum Gasteiger partial charge on any atom is -0.394 e. The van der Waals surface area contributed by atoms with Crippen LogP contribution in [0.3, 0.4) is 0 Å². The van der Waals surface area contributed by atoms with Crippen LogP contribution in [-0.2, 0) is 4.79 Å². The molecule has 3 N–H and O–H groups in total. The monoisotopic (exact) mass is 998 g/mol. The highest BCUT2D eigenvalue weighted by Crippen LogP contribution is 2.17. The van der Waals surface area contributed by atoms with Gasteiger partial charge in [0.1, 0.15) is 0 Å². The highest BCUT2D eigenvalue weighted by molar-refractivity contribution is 5.76. The van der Waals surface area contributed by atoms with E-state index in [1.165, 1.54) is 186 Å². The van der Waals surface area contributed by atoms with E-state index in [0.29, 0.717) is 12.8 Å². The summed E-state index contributed by atoms with van der Waals surface area (Å²) in [5, 5.41) is 23.4. The smallest absolute Gasteiger partial charge is 0.220 e. The van der Waals surface area contributed by atoms with Crippen LogP contribution in [0.15, 0.2) is 109 Å². The zero-order valence-corrected chi connectivity index (χ0v) is 47.7. The van der Waals surface area contributed by atoms with Gasteiger partial charge in [0.05, 0.1) is 18.8 Å². The molecule has 0 fully saturated rings. The predicted molar refractivity (Wildman–Crippen MR) is 322 cm³/mol. The number of hydrogen-bond donors (Lipinski definition) is 3. The molecule has 0 aromatic carbocycles. The Kier molecular flexibility index (Phi) is 59.8. The second kappa shape index (κ2) is 62.3. The van der Waals surface area contributed by atoms with E-state index >= 15 is 0 Å². The summed E-state index contributed by atoms with van der Waals surface area (Å²) in [6.45, 7) is 4.26. The van der Waals surface area contributed by atoms with Gasteiger partial charge in [-0.25, -0.2) is 0 Å². The van der Waals surface area contributed by atoms with Gasteiger partial charge in [0.15, 0.2) is 0 Å². The normalized spacial score (nSPS) is 13.6. The fraction of sp³-hybridized carbons (Fsp3) is 0.721. The molecule has 2 unspecified atom stereocenters. The lowest BCUT2D eigenvalue weighted by Crippen LogP contribution is -2.45. The largest absolute Gasteiger partial charge is 0.394 e. The molecule has 414 valence electrons. The molecule has 2 atom stereocenters. The molecule has 0 spiro atoms. The zero-order chi connectivity index (χ0) is 52.0. The Morgan fingerprint density at radius 1 is 0.347 bits per heavy atom. The molecule has 0 heterocycles. The first kappa shape index (κ1) is 69.0. The van der Waals surface area contributed by atoms with E-state index in [2.05, 4.69) is 129 Å². The van der Waals surface area contributed by atoms with Crippen molar-refractivity contribution in [2.45, 2.75) is 309 Å². The van der Waals surface area contributed by atoms with E-state index in [9.17, 15) is 15.0 Å². The molecule has 0 rings (SSSR count). The van der Waals surface area contributed by atoms with Crippen molar-refractivity contribution < 1.29 is 15.0 Å². The van der Waals surface area contributed by atoms with Crippen molar-refractivity contribution in [1.29, 1.82) is 0 Å². The molecule has 4 heteroatoms. The molecule has 0 saturated carbocycles. The third-order valence-corrected chi connectivity index (χ3v) is 13.8. The molecular formula is C68H119NO3. The minimum atomic E-state index is -0.670. The highest BCUT2D eigenvalue weighted by Gasteiger charge is 2.20. The third kappa shape index (κ3) is 57.9. The van der Waals surface area contributed by atoms with Crippen molar-refractivity contribution in [2.24, 2.45) is 0 Å². The first-order chi connectivity index (χ1) is 35.7. The molecule has 0 aliphatic heterocycles. The lowest BCUT2D eigenvalue weighted by Gasteiger charge is -2.22. The number of aliphatic hydroxyl groups excluding tert-OH is 2. The number of aliphatic hydroxyl groups is 2. The van der Waals surface area contributed by atoms with Crippen LogP contribution in [0.4, 0.5) is 0 Å². The Morgan fingerprint density at radius 2 is 0.611 bits per heavy atom. The molecule has 0 saturated heterocycles. The average molecular weight is 999 g/mol. The maximum absolute atomic E-state index is 12.5. The second-order valence-electron chi connectivity index (χ2n) is 20.7. The topological polar surface area (TPSA) is 69.6 Å². The Balaban J connectivity index is 3.55. The number of hydrogen-bond acceptors (Lipinski definition) is 3. The maximum Gasteiger partial charge on any atom is 0.220 e. The fourth-order valence-corrected chi connectivity index (χ4v) is 9.12. The van der Waals surface area contributed by atoms with E-state index in [0.717, 1.165) is 83.5 Å². The van der Waals surface area contributed by atoms with Crippen LogP contribution in [-0.4, -0.2) is 34.9 Å². The van der Waals surface area contributed by atoms with Crippen LogP contribution in [0.2, 0.25) is 0 Å². The Hall–Kier alpha value is -2.95. The number of unbranched alkanes of at least 4 members (excludes halogenated alkanes) is 31. The van der Waals surface area contributed by atoms with E-state index in [-0.39, 0.29) is 12.5 Å². The van der Waals surface area contributed by atoms with Crippen LogP contribution in [0, 0.1) is 0 Å². The van der Waals surface area contributed by atoms with Crippen LogP contribution in [0.1, 0.15) is 296 Å². The SMILES string of the molecule is CC/C=C\C/C=C\C/C=C\C/C=C\C/C=C\C/C=C\C/C=C\C/C=C\C/C=C\CCCCCCCCCCCC(=O)NC(CO)C(O)CCCCCCCCCCCCCCCCCCCCCCCCC. The summed E-state index contributed by atoms with van der Waals surface area (Å²) in [7, 11) is 0. The number of nitrogens with one attached hydrogen (secondary N) is 1. The van der Waals surface area contributed by atoms with Crippen molar-refractivity contribution in [3.8, 4) is 0 Å². The standard InChI is InChI=1S/C68H119NO3/c1-3-5-7-9-11-13-15-17-19-21-23-25-27-28-29-30-31-32-33-34-35-36-37-38-39-40-42-44-46-48-50-52-54-56-58-60-62-64-68(72)69-66(65-70)67(71)63-61-59-57-55-53-51-49-47-45-43-41-26-24-22-20-18-16-14-12-10-8-6-4-2/h5,7,11,13,17,19,23,25,28-29,31-32,34-35,37-38,40,42,66-67,70-71H,3-4,6,8-10,12,14-16,18,20-22,24,26-27,30,33,36,39,41,43-65H2,1-2H3,(H,69,72)/b7-5-,13-11-,19-17-,25-23-,29-28-,32-31-,35-34-,38-37-,42-40-. The minimum absolute atomic E-state index is 0.0388. The van der Waals surface area contributed by atoms with Crippen LogP contribution >= 0.6 is 0 Å². The number of carbonyl (C=O) groups is 1. The van der Waals surface area contributed by atoms with E-state index in [4.69, 9.17) is 0 Å². The van der Waals surface area contributed by atoms with Gasteiger partial charge < -0.3 is 15.5 Å². The predicted octanol–water partition coefficient (Wildman–Crippen LogP) is 21.0. The summed E-state index contributed by atoms with van der Waals surface area (Å²) in [6, 6.07) is -0.548. The summed E-state index contributed by atoms with van der Waals surface area (Å²) >= 11 is 0. The van der Waals surface area contributed by atoms with Gasteiger partial charge in [0, 0.05) is 6.42 Å². The van der Waals surface area contributed by atoms with Gasteiger partial charge in [-0.1, -0.05) is 316 Å². The van der Waals surface area contributed by atoms with E-state index in [1.54, 1.807) is 0 Å². The molecule has 0 aromatic rings. The Labute approximate surface area is 448 Å². The van der Waals surface area contributed by atoms with Gasteiger partial charge >= 0.3 is 0 Å². The van der Waals surface area contributed by atoms with Gasteiger partial charge in [-0.15, -0.1) is 0 Å². The van der Waals surface area contributed by atoms with Crippen LogP contribution in [0.25, 0.3) is 0 Å². The van der Waals surface area contributed by atoms with Gasteiger partial charge in [-0.3, -0.25) is 4.79 Å². The van der Waals surface area contributed by atoms with Crippen molar-refractivity contribution in [1.82, 2.24) is 5.32 Å². The summed E-state index contributed by atoms with van der Waals surface area (Å²) in [5.74, 6) is -0.0388. The van der Waals surface area contributed by atoms with Crippen molar-refractivity contribution in [3.05, 3.63) is 109 Å². The number of carbonyl (C=O) groups excluding carboxylic acids is 1. The second-order valence-corrected chi connectivity index (χ2v) is 20.7. The third-order valence-electron chi connectivity index (χ3n) is 13.8. The van der Waals surface area contributed by atoms with Crippen molar-refractivity contribution in [3.63, 3.8) is 0 Å².